The van der Waals surface area contributed by atoms with Crippen LogP contribution in [0.1, 0.15) is 30.0 Å². The number of halogens is 2. The van der Waals surface area contributed by atoms with Gasteiger partial charge in [-0.3, -0.25) is 9.59 Å². The average molecular weight is 483 g/mol. The van der Waals surface area contributed by atoms with Crippen molar-refractivity contribution in [3.63, 3.8) is 0 Å². The van der Waals surface area contributed by atoms with Gasteiger partial charge in [-0.1, -0.05) is 90.8 Å². The Hall–Kier alpha value is -2.82. The van der Waals surface area contributed by atoms with Crippen LogP contribution in [0.3, 0.4) is 0 Å². The largest absolute Gasteiger partial charge is 0.354 e. The summed E-state index contributed by atoms with van der Waals surface area (Å²) in [5, 5.41) is 4.15. The minimum absolute atomic E-state index is 0.148. The number of carbonyl (C=O) groups is 2. The second kappa shape index (κ2) is 12.4. The molecule has 6 heteroatoms. The molecule has 4 nitrogen and oxygen atoms in total. The number of benzene rings is 3. The van der Waals surface area contributed by atoms with Crippen molar-refractivity contribution in [2.45, 2.75) is 38.8 Å². The molecule has 0 heterocycles. The van der Waals surface area contributed by atoms with Crippen LogP contribution in [0.25, 0.3) is 0 Å². The quantitative estimate of drug-likeness (QED) is 0.402. The topological polar surface area (TPSA) is 49.4 Å². The maximum Gasteiger partial charge on any atom is 0.243 e. The van der Waals surface area contributed by atoms with Gasteiger partial charge in [0.2, 0.25) is 11.8 Å². The van der Waals surface area contributed by atoms with Crippen molar-refractivity contribution in [1.29, 1.82) is 0 Å². The Bertz CT molecular complexity index is 1060. The highest BCUT2D eigenvalue weighted by molar-refractivity contribution is 6.31. The van der Waals surface area contributed by atoms with Crippen LogP contribution >= 0.6 is 23.2 Å². The lowest BCUT2D eigenvalue weighted by Gasteiger charge is -2.32. The predicted octanol–water partition coefficient (Wildman–Crippen LogP) is 5.70. The zero-order valence-electron chi connectivity index (χ0n) is 18.6. The van der Waals surface area contributed by atoms with Crippen molar-refractivity contribution in [3.8, 4) is 0 Å². The lowest BCUT2D eigenvalue weighted by atomic mass is 10.0. The van der Waals surface area contributed by atoms with Gasteiger partial charge >= 0.3 is 0 Å². The lowest BCUT2D eigenvalue weighted by molar-refractivity contribution is -0.140. The SMILES string of the molecule is CCCNC(=O)C(Cc1ccccc1)N(Cc1ccccc1Cl)C(=O)Cc1ccc(Cl)cc1. The van der Waals surface area contributed by atoms with Crippen molar-refractivity contribution in [2.75, 3.05) is 6.54 Å². The van der Waals surface area contributed by atoms with Gasteiger partial charge in [-0.15, -0.1) is 0 Å². The van der Waals surface area contributed by atoms with Crippen LogP contribution in [0, 0.1) is 0 Å². The minimum Gasteiger partial charge on any atom is -0.354 e. The van der Waals surface area contributed by atoms with Gasteiger partial charge in [0, 0.05) is 29.6 Å². The highest BCUT2D eigenvalue weighted by Crippen LogP contribution is 2.21. The van der Waals surface area contributed by atoms with Crippen LogP contribution in [-0.2, 0) is 29.0 Å². The summed E-state index contributed by atoms with van der Waals surface area (Å²) in [7, 11) is 0. The molecule has 1 atom stereocenters. The monoisotopic (exact) mass is 482 g/mol. The van der Waals surface area contributed by atoms with Crippen molar-refractivity contribution in [3.05, 3.63) is 106 Å². The number of nitrogens with one attached hydrogen (secondary N) is 1. The van der Waals surface area contributed by atoms with Gasteiger partial charge in [-0.2, -0.15) is 0 Å². The standard InChI is InChI=1S/C27H28Cl2N2O2/c1-2-16-30-27(33)25(17-20-8-4-3-5-9-20)31(19-22-10-6-7-11-24(22)29)26(32)18-21-12-14-23(28)15-13-21/h3-15,25H,2,16-19H2,1H3,(H,30,33). The lowest BCUT2D eigenvalue weighted by Crippen LogP contribution is -2.51. The van der Waals surface area contributed by atoms with Crippen LogP contribution in [0.15, 0.2) is 78.9 Å². The molecule has 0 spiro atoms. The van der Waals surface area contributed by atoms with E-state index in [1.165, 1.54) is 0 Å². The van der Waals surface area contributed by atoms with Gasteiger partial charge < -0.3 is 10.2 Å². The van der Waals surface area contributed by atoms with E-state index in [1.807, 2.05) is 67.6 Å². The molecule has 3 rings (SSSR count). The molecular weight excluding hydrogens is 455 g/mol. The zero-order chi connectivity index (χ0) is 23.6. The molecule has 0 aromatic heterocycles. The molecule has 2 amide bonds. The van der Waals surface area contributed by atoms with Gasteiger partial charge in [0.05, 0.1) is 6.42 Å². The van der Waals surface area contributed by atoms with Crippen LogP contribution in [0.2, 0.25) is 10.0 Å². The third kappa shape index (κ3) is 7.34. The Morgan fingerprint density at radius 1 is 0.879 bits per heavy atom. The molecule has 0 radical (unpaired) electrons. The predicted molar refractivity (Wildman–Crippen MR) is 134 cm³/mol. The number of nitrogens with zero attached hydrogens (tertiary/aromatic N) is 1. The Kier molecular flexibility index (Phi) is 9.35. The second-order valence-corrected chi connectivity index (χ2v) is 8.76. The number of hydrogen-bond acceptors (Lipinski definition) is 2. The fourth-order valence-electron chi connectivity index (χ4n) is 3.61. The summed E-state index contributed by atoms with van der Waals surface area (Å²) in [4.78, 5) is 28.5. The van der Waals surface area contributed by atoms with Gasteiger partial charge in [-0.25, -0.2) is 0 Å². The minimum atomic E-state index is -0.671. The van der Waals surface area contributed by atoms with Gasteiger partial charge in [0.15, 0.2) is 0 Å². The molecular formula is C27H28Cl2N2O2. The number of rotatable bonds is 10. The van der Waals surface area contributed by atoms with E-state index in [4.69, 9.17) is 23.2 Å². The van der Waals surface area contributed by atoms with Crippen LogP contribution in [-0.4, -0.2) is 29.3 Å². The second-order valence-electron chi connectivity index (χ2n) is 7.91. The van der Waals surface area contributed by atoms with Crippen LogP contribution < -0.4 is 5.32 Å². The van der Waals surface area contributed by atoms with Crippen LogP contribution in [0.4, 0.5) is 0 Å². The first-order valence-corrected chi connectivity index (χ1v) is 11.8. The fourth-order valence-corrected chi connectivity index (χ4v) is 3.93. The molecule has 0 bridgehead atoms. The van der Waals surface area contributed by atoms with Crippen LogP contribution in [0.5, 0.6) is 0 Å². The van der Waals surface area contributed by atoms with Crippen molar-refractivity contribution in [1.82, 2.24) is 10.2 Å². The highest BCUT2D eigenvalue weighted by atomic mass is 35.5. The first-order valence-electron chi connectivity index (χ1n) is 11.1. The molecule has 0 aliphatic heterocycles. The van der Waals surface area contributed by atoms with E-state index in [9.17, 15) is 9.59 Å². The number of amides is 2. The van der Waals surface area contributed by atoms with E-state index in [1.54, 1.807) is 23.1 Å². The summed E-state index contributed by atoms with van der Waals surface area (Å²) in [5.41, 5.74) is 2.61. The maximum atomic E-state index is 13.6. The molecule has 3 aromatic carbocycles. The van der Waals surface area contributed by atoms with E-state index < -0.39 is 6.04 Å². The molecule has 0 fully saturated rings. The molecule has 0 saturated heterocycles. The maximum absolute atomic E-state index is 13.6. The normalized spacial score (nSPS) is 11.6. The van der Waals surface area contributed by atoms with E-state index in [2.05, 4.69) is 5.32 Å². The Labute approximate surface area is 205 Å². The molecule has 1 unspecified atom stereocenters. The number of hydrogen-bond donors (Lipinski definition) is 1. The fraction of sp³-hybridized carbons (Fsp3) is 0.259. The molecule has 33 heavy (non-hydrogen) atoms. The zero-order valence-corrected chi connectivity index (χ0v) is 20.1. The van der Waals surface area contributed by atoms with E-state index in [0.717, 1.165) is 23.1 Å². The smallest absolute Gasteiger partial charge is 0.243 e. The molecule has 3 aromatic rings. The van der Waals surface area contributed by atoms with Gasteiger partial charge in [0.1, 0.15) is 6.04 Å². The van der Waals surface area contributed by atoms with Gasteiger partial charge in [-0.05, 0) is 41.3 Å². The summed E-state index contributed by atoms with van der Waals surface area (Å²) in [6.45, 7) is 2.79. The third-order valence-corrected chi connectivity index (χ3v) is 6.01. The third-order valence-electron chi connectivity index (χ3n) is 5.39. The molecule has 0 saturated carbocycles. The Balaban J connectivity index is 1.95. The Morgan fingerprint density at radius 3 is 2.21 bits per heavy atom. The highest BCUT2D eigenvalue weighted by Gasteiger charge is 2.30. The summed E-state index contributed by atoms with van der Waals surface area (Å²) in [6, 6.07) is 23.7. The van der Waals surface area contributed by atoms with E-state index >= 15 is 0 Å². The molecule has 172 valence electrons. The number of carbonyl (C=O) groups excluding carboxylic acids is 2. The van der Waals surface area contributed by atoms with E-state index in [-0.39, 0.29) is 24.8 Å². The average Bonchev–Trinajstić information content (AvgIpc) is 2.83. The first kappa shape index (κ1) is 24.8. The molecule has 1 N–H and O–H groups in total. The van der Waals surface area contributed by atoms with Crippen molar-refractivity contribution < 1.29 is 9.59 Å². The first-order chi connectivity index (χ1) is 16.0. The van der Waals surface area contributed by atoms with Crippen molar-refractivity contribution in [2.24, 2.45) is 0 Å². The summed E-state index contributed by atoms with van der Waals surface area (Å²) in [6.07, 6.45) is 1.38. The van der Waals surface area contributed by atoms with E-state index in [0.29, 0.717) is 23.0 Å². The van der Waals surface area contributed by atoms with Crippen molar-refractivity contribution >= 4 is 35.0 Å². The Morgan fingerprint density at radius 2 is 1.55 bits per heavy atom. The molecule has 0 aliphatic rings. The van der Waals surface area contributed by atoms with Gasteiger partial charge in [0.25, 0.3) is 0 Å². The summed E-state index contributed by atoms with van der Waals surface area (Å²) < 4.78 is 0. The summed E-state index contributed by atoms with van der Waals surface area (Å²) >= 11 is 12.4. The summed E-state index contributed by atoms with van der Waals surface area (Å²) in [5.74, 6) is -0.318. The molecule has 0 aliphatic carbocycles.